The monoisotopic (exact) mass is 323 g/mol. The summed E-state index contributed by atoms with van der Waals surface area (Å²) in [6.07, 6.45) is 4.41. The number of methoxy groups -OCH3 is 1. The van der Waals surface area contributed by atoms with E-state index in [0.29, 0.717) is 5.82 Å². The molecule has 2 atom stereocenters. The second-order valence-corrected chi connectivity index (χ2v) is 6.14. The lowest BCUT2D eigenvalue weighted by molar-refractivity contribution is -0.144. The Hall–Kier alpha value is -2.31. The van der Waals surface area contributed by atoms with Crippen LogP contribution in [0.2, 0.25) is 0 Å². The van der Waals surface area contributed by atoms with Gasteiger partial charge in [0.2, 0.25) is 0 Å². The van der Waals surface area contributed by atoms with E-state index in [0.717, 1.165) is 0 Å². The van der Waals surface area contributed by atoms with Gasteiger partial charge in [-0.15, -0.1) is 6.58 Å². The van der Waals surface area contributed by atoms with Gasteiger partial charge >= 0.3 is 12.1 Å². The van der Waals surface area contributed by atoms with Crippen molar-refractivity contribution < 1.29 is 19.1 Å². The van der Waals surface area contributed by atoms with Gasteiger partial charge in [-0.05, 0) is 20.8 Å². The molecule has 0 unspecified atom stereocenters. The molecule has 7 nitrogen and oxygen atoms in total. The van der Waals surface area contributed by atoms with Crippen LogP contribution in [-0.4, -0.2) is 40.9 Å². The van der Waals surface area contributed by atoms with Crippen LogP contribution in [0.5, 0.6) is 0 Å². The van der Waals surface area contributed by atoms with Crippen molar-refractivity contribution >= 4 is 12.1 Å². The van der Waals surface area contributed by atoms with Crippen molar-refractivity contribution in [2.75, 3.05) is 13.7 Å². The first kappa shape index (κ1) is 18.7. The van der Waals surface area contributed by atoms with E-state index in [-0.39, 0.29) is 12.5 Å². The van der Waals surface area contributed by atoms with E-state index < -0.39 is 23.7 Å². The summed E-state index contributed by atoms with van der Waals surface area (Å²) in [5, 5.41) is 2.59. The van der Waals surface area contributed by atoms with Gasteiger partial charge in [0.15, 0.2) is 0 Å². The summed E-state index contributed by atoms with van der Waals surface area (Å²) in [5.41, 5.74) is -0.609. The van der Waals surface area contributed by atoms with Crippen LogP contribution in [0.4, 0.5) is 4.79 Å². The lowest BCUT2D eigenvalue weighted by atomic mass is 10.1. The molecule has 0 saturated carbocycles. The maximum Gasteiger partial charge on any atom is 0.407 e. The van der Waals surface area contributed by atoms with Gasteiger partial charge in [-0.2, -0.15) is 0 Å². The van der Waals surface area contributed by atoms with Gasteiger partial charge in [0.1, 0.15) is 17.5 Å². The molecule has 7 heteroatoms. The molecule has 0 fully saturated rings. The number of nitrogens with one attached hydrogen (secondary N) is 1. The molecule has 0 saturated heterocycles. The molecule has 0 aliphatic heterocycles. The minimum absolute atomic E-state index is 0.0365. The quantitative estimate of drug-likeness (QED) is 0.642. The molecule has 128 valence electrons. The van der Waals surface area contributed by atoms with Crippen LogP contribution in [0.3, 0.4) is 0 Å². The zero-order chi connectivity index (χ0) is 17.6. The van der Waals surface area contributed by atoms with Gasteiger partial charge < -0.3 is 19.4 Å². The highest BCUT2D eigenvalue weighted by Crippen LogP contribution is 2.19. The molecule has 0 aliphatic rings. The lowest BCUT2D eigenvalue weighted by Crippen LogP contribution is -2.38. The van der Waals surface area contributed by atoms with Crippen molar-refractivity contribution in [3.8, 4) is 0 Å². The van der Waals surface area contributed by atoms with E-state index in [1.165, 1.54) is 7.11 Å². The minimum atomic E-state index is -0.729. The Labute approximate surface area is 136 Å². The molecule has 1 heterocycles. The number of esters is 1. The number of rotatable bonds is 6. The summed E-state index contributed by atoms with van der Waals surface area (Å²) in [4.78, 5) is 28.1. The van der Waals surface area contributed by atoms with Crippen LogP contribution in [0.25, 0.3) is 0 Å². The van der Waals surface area contributed by atoms with Gasteiger partial charge in [0, 0.05) is 18.3 Å². The summed E-state index contributed by atoms with van der Waals surface area (Å²) < 4.78 is 11.7. The highest BCUT2D eigenvalue weighted by molar-refractivity contribution is 5.76. The van der Waals surface area contributed by atoms with Crippen molar-refractivity contribution in [3.63, 3.8) is 0 Å². The molecule has 0 aromatic carbocycles. The summed E-state index contributed by atoms with van der Waals surface area (Å²) in [7, 11) is 1.30. The zero-order valence-electron chi connectivity index (χ0n) is 14.3. The molecule has 1 rings (SSSR count). The van der Waals surface area contributed by atoms with Crippen LogP contribution in [0.1, 0.15) is 45.5 Å². The van der Waals surface area contributed by atoms with Gasteiger partial charge in [0.25, 0.3) is 0 Å². The Morgan fingerprint density at radius 1 is 1.48 bits per heavy atom. The summed E-state index contributed by atoms with van der Waals surface area (Å²) in [5.74, 6) is 0.150. The predicted molar refractivity (Wildman–Crippen MR) is 86.1 cm³/mol. The molecular formula is C16H25N3O4. The second-order valence-electron chi connectivity index (χ2n) is 6.14. The Morgan fingerprint density at radius 2 is 2.13 bits per heavy atom. The molecule has 1 aromatic heterocycles. The number of hydrogen-bond donors (Lipinski definition) is 1. The number of aromatic nitrogens is 2. The molecule has 0 bridgehead atoms. The maximum absolute atomic E-state index is 12.1. The van der Waals surface area contributed by atoms with Crippen LogP contribution in [0, 0.1) is 0 Å². The van der Waals surface area contributed by atoms with E-state index in [2.05, 4.69) is 16.9 Å². The number of amides is 1. The van der Waals surface area contributed by atoms with Crippen molar-refractivity contribution in [2.45, 2.75) is 45.3 Å². The van der Waals surface area contributed by atoms with E-state index in [9.17, 15) is 9.59 Å². The Kier molecular flexibility index (Phi) is 6.36. The third-order valence-corrected chi connectivity index (χ3v) is 3.11. The first-order chi connectivity index (χ1) is 10.7. The number of alkyl carbamates (subject to hydrolysis) is 1. The van der Waals surface area contributed by atoms with Crippen LogP contribution in [-0.2, 0) is 14.3 Å². The van der Waals surface area contributed by atoms with Gasteiger partial charge in [-0.3, -0.25) is 0 Å². The largest absolute Gasteiger partial charge is 0.467 e. The van der Waals surface area contributed by atoms with Crippen LogP contribution in [0.15, 0.2) is 25.0 Å². The van der Waals surface area contributed by atoms with E-state index in [1.54, 1.807) is 43.8 Å². The smallest absolute Gasteiger partial charge is 0.407 e. The molecule has 0 spiro atoms. The Morgan fingerprint density at radius 3 is 2.65 bits per heavy atom. The Bertz CT molecular complexity index is 560. The number of carbonyl (C=O) groups is 2. The average Bonchev–Trinajstić information content (AvgIpc) is 2.93. The summed E-state index contributed by atoms with van der Waals surface area (Å²) >= 11 is 0. The topological polar surface area (TPSA) is 82.5 Å². The lowest BCUT2D eigenvalue weighted by Gasteiger charge is -2.23. The molecule has 1 amide bonds. The first-order valence-corrected chi connectivity index (χ1v) is 7.39. The normalized spacial score (nSPS) is 13.8. The number of allylic oxidation sites excluding steroid dienone is 1. The first-order valence-electron chi connectivity index (χ1n) is 7.39. The fourth-order valence-corrected chi connectivity index (χ4v) is 1.97. The predicted octanol–water partition coefficient (Wildman–Crippen LogP) is 2.41. The SMILES string of the molecule is C=C[C@@H](C)c1nccn1[C@H](CNC(=O)OC(C)(C)C)C(=O)OC. The fourth-order valence-electron chi connectivity index (χ4n) is 1.97. The summed E-state index contributed by atoms with van der Waals surface area (Å²) in [6.45, 7) is 11.0. The van der Waals surface area contributed by atoms with Crippen LogP contribution >= 0.6 is 0 Å². The fraction of sp³-hybridized carbons (Fsp3) is 0.562. The van der Waals surface area contributed by atoms with E-state index >= 15 is 0 Å². The van der Waals surface area contributed by atoms with Gasteiger partial charge in [0.05, 0.1) is 13.7 Å². The van der Waals surface area contributed by atoms with E-state index in [1.807, 2.05) is 6.92 Å². The number of carbonyl (C=O) groups excluding carboxylic acids is 2. The van der Waals surface area contributed by atoms with E-state index in [4.69, 9.17) is 9.47 Å². The zero-order valence-corrected chi connectivity index (χ0v) is 14.3. The third-order valence-electron chi connectivity index (χ3n) is 3.11. The third kappa shape index (κ3) is 5.43. The molecular weight excluding hydrogens is 298 g/mol. The van der Waals surface area contributed by atoms with Crippen molar-refractivity contribution in [3.05, 3.63) is 30.9 Å². The highest BCUT2D eigenvalue weighted by Gasteiger charge is 2.26. The molecule has 0 aliphatic carbocycles. The molecule has 0 radical (unpaired) electrons. The molecule has 1 N–H and O–H groups in total. The second kappa shape index (κ2) is 7.80. The van der Waals surface area contributed by atoms with Crippen LogP contribution < -0.4 is 5.32 Å². The Balaban J connectivity index is 2.90. The van der Waals surface area contributed by atoms with Crippen molar-refractivity contribution in [2.24, 2.45) is 0 Å². The van der Waals surface area contributed by atoms with Gasteiger partial charge in [-0.1, -0.05) is 13.0 Å². The number of nitrogens with zero attached hydrogens (tertiary/aromatic N) is 2. The standard InChI is InChI=1S/C16H25N3O4/c1-7-11(2)13-17-8-9-19(13)12(14(20)22-6)10-18-15(21)23-16(3,4)5/h7-9,11-12H,1,10H2,2-6H3,(H,18,21)/t11-,12-/m1/s1. The molecule has 23 heavy (non-hydrogen) atoms. The number of ether oxygens (including phenoxy) is 2. The number of imidazole rings is 1. The van der Waals surface area contributed by atoms with Crippen molar-refractivity contribution in [1.82, 2.24) is 14.9 Å². The highest BCUT2D eigenvalue weighted by atomic mass is 16.6. The number of hydrogen-bond acceptors (Lipinski definition) is 5. The van der Waals surface area contributed by atoms with Crippen molar-refractivity contribution in [1.29, 1.82) is 0 Å². The van der Waals surface area contributed by atoms with Gasteiger partial charge in [-0.25, -0.2) is 14.6 Å². The summed E-state index contributed by atoms with van der Waals surface area (Å²) in [6, 6.07) is -0.729. The molecule has 1 aromatic rings. The maximum atomic E-state index is 12.1. The minimum Gasteiger partial charge on any atom is -0.467 e. The average molecular weight is 323 g/mol.